The molecule has 100 valence electrons. The van der Waals surface area contributed by atoms with Crippen LogP contribution in [-0.2, 0) is 0 Å². The van der Waals surface area contributed by atoms with E-state index in [1.54, 1.807) is 0 Å². The van der Waals surface area contributed by atoms with Gasteiger partial charge in [0.05, 0.1) is 13.8 Å². The first-order valence-corrected chi connectivity index (χ1v) is 7.63. The van der Waals surface area contributed by atoms with E-state index in [9.17, 15) is 13.2 Å². The molecular formula is C13H6Br3F3. The molecule has 0 saturated heterocycles. The number of hydrogen-bond donors (Lipinski definition) is 0. The van der Waals surface area contributed by atoms with E-state index in [1.807, 2.05) is 0 Å². The van der Waals surface area contributed by atoms with Crippen molar-refractivity contribution >= 4 is 47.8 Å². The second-order valence-electron chi connectivity index (χ2n) is 3.82. The molecule has 19 heavy (non-hydrogen) atoms. The van der Waals surface area contributed by atoms with Crippen LogP contribution < -0.4 is 0 Å². The van der Waals surface area contributed by atoms with E-state index >= 15 is 0 Å². The van der Waals surface area contributed by atoms with Gasteiger partial charge in [-0.1, -0.05) is 22.0 Å². The Morgan fingerprint density at radius 2 is 1.42 bits per heavy atom. The second kappa shape index (κ2) is 5.97. The van der Waals surface area contributed by atoms with E-state index in [2.05, 4.69) is 47.8 Å². The number of halogens is 6. The summed E-state index contributed by atoms with van der Waals surface area (Å²) in [6.45, 7) is 0. The zero-order chi connectivity index (χ0) is 14.2. The highest BCUT2D eigenvalue weighted by molar-refractivity contribution is 9.11. The van der Waals surface area contributed by atoms with Crippen molar-refractivity contribution in [3.05, 3.63) is 67.9 Å². The molecule has 0 fully saturated rings. The molecule has 0 radical (unpaired) electrons. The third kappa shape index (κ3) is 3.23. The molecule has 0 aliphatic heterocycles. The van der Waals surface area contributed by atoms with Gasteiger partial charge in [0.15, 0.2) is 0 Å². The van der Waals surface area contributed by atoms with E-state index in [1.165, 1.54) is 18.2 Å². The van der Waals surface area contributed by atoms with E-state index < -0.39 is 22.3 Å². The first-order chi connectivity index (χ1) is 8.90. The highest BCUT2D eigenvalue weighted by Crippen LogP contribution is 2.35. The Morgan fingerprint density at radius 3 is 2.05 bits per heavy atom. The van der Waals surface area contributed by atoms with Crippen molar-refractivity contribution in [1.29, 1.82) is 0 Å². The average Bonchev–Trinajstić information content (AvgIpc) is 2.36. The SMILES string of the molecule is Fc1ccc(C(Br)c2cc(F)c(Br)cc2F)cc1Br. The number of rotatable bonds is 2. The summed E-state index contributed by atoms with van der Waals surface area (Å²) in [6.07, 6.45) is 0. The van der Waals surface area contributed by atoms with Gasteiger partial charge in [-0.3, -0.25) is 0 Å². The predicted octanol–water partition coefficient (Wildman–Crippen LogP) is 6.11. The highest BCUT2D eigenvalue weighted by atomic mass is 79.9. The fourth-order valence-electron chi connectivity index (χ4n) is 1.58. The first-order valence-electron chi connectivity index (χ1n) is 5.13. The van der Waals surface area contributed by atoms with Crippen LogP contribution in [0.25, 0.3) is 0 Å². The molecule has 0 aromatic heterocycles. The minimum atomic E-state index is -0.563. The summed E-state index contributed by atoms with van der Waals surface area (Å²) in [5.41, 5.74) is 0.771. The van der Waals surface area contributed by atoms with Crippen molar-refractivity contribution in [3.63, 3.8) is 0 Å². The molecule has 0 heterocycles. The van der Waals surface area contributed by atoms with Crippen LogP contribution in [0.4, 0.5) is 13.2 Å². The van der Waals surface area contributed by atoms with Crippen molar-refractivity contribution in [1.82, 2.24) is 0 Å². The Bertz CT molecular complexity index is 629. The Kier molecular flexibility index (Phi) is 4.74. The van der Waals surface area contributed by atoms with Gasteiger partial charge < -0.3 is 0 Å². The molecular weight excluding hydrogens is 453 g/mol. The topological polar surface area (TPSA) is 0 Å². The van der Waals surface area contributed by atoms with Gasteiger partial charge in [-0.25, -0.2) is 13.2 Å². The van der Waals surface area contributed by atoms with Crippen LogP contribution >= 0.6 is 47.8 Å². The monoisotopic (exact) mass is 456 g/mol. The van der Waals surface area contributed by atoms with Gasteiger partial charge in [0.1, 0.15) is 17.5 Å². The van der Waals surface area contributed by atoms with Gasteiger partial charge in [-0.05, 0) is 61.7 Å². The molecule has 2 aromatic rings. The van der Waals surface area contributed by atoms with Crippen molar-refractivity contribution in [2.75, 3.05) is 0 Å². The summed E-state index contributed by atoms with van der Waals surface area (Å²) in [4.78, 5) is -0.563. The first kappa shape index (κ1) is 15.1. The second-order valence-corrected chi connectivity index (χ2v) is 6.45. The van der Waals surface area contributed by atoms with Crippen LogP contribution in [-0.4, -0.2) is 0 Å². The molecule has 2 aromatic carbocycles. The molecule has 2 rings (SSSR count). The lowest BCUT2D eigenvalue weighted by atomic mass is 10.0. The Morgan fingerprint density at radius 1 is 0.789 bits per heavy atom. The summed E-state index contributed by atoms with van der Waals surface area (Å²) < 4.78 is 40.8. The summed E-state index contributed by atoms with van der Waals surface area (Å²) in [6, 6.07) is 6.47. The standard InChI is InChI=1S/C13H6Br3F3/c14-8-3-6(1-2-10(8)17)13(16)7-4-12(19)9(15)5-11(7)18/h1-5,13H. The lowest BCUT2D eigenvalue weighted by molar-refractivity contribution is 0.583. The fourth-order valence-corrected chi connectivity index (χ4v) is 2.93. The molecule has 0 aliphatic rings. The molecule has 0 bridgehead atoms. The molecule has 0 saturated carbocycles. The molecule has 0 aliphatic carbocycles. The van der Waals surface area contributed by atoms with Crippen molar-refractivity contribution in [2.24, 2.45) is 0 Å². The maximum absolute atomic E-state index is 13.8. The van der Waals surface area contributed by atoms with Gasteiger partial charge in [0.25, 0.3) is 0 Å². The lowest BCUT2D eigenvalue weighted by Crippen LogP contribution is -1.99. The lowest BCUT2D eigenvalue weighted by Gasteiger charge is -2.13. The fraction of sp³-hybridized carbons (Fsp3) is 0.0769. The largest absolute Gasteiger partial charge is 0.207 e. The molecule has 0 nitrogen and oxygen atoms in total. The van der Waals surface area contributed by atoms with E-state index in [-0.39, 0.29) is 14.5 Å². The van der Waals surface area contributed by atoms with Crippen LogP contribution in [0.5, 0.6) is 0 Å². The zero-order valence-electron chi connectivity index (χ0n) is 9.23. The molecule has 0 amide bonds. The van der Waals surface area contributed by atoms with E-state index in [0.717, 1.165) is 12.1 Å². The molecule has 6 heteroatoms. The third-order valence-corrected chi connectivity index (χ3v) is 4.79. The van der Waals surface area contributed by atoms with Crippen molar-refractivity contribution < 1.29 is 13.2 Å². The summed E-state index contributed by atoms with van der Waals surface area (Å²) >= 11 is 9.28. The summed E-state index contributed by atoms with van der Waals surface area (Å²) in [5, 5.41) is 0. The minimum absolute atomic E-state index is 0.0636. The number of benzene rings is 2. The van der Waals surface area contributed by atoms with Crippen LogP contribution in [0.1, 0.15) is 16.0 Å². The zero-order valence-corrected chi connectivity index (χ0v) is 14.0. The molecule has 1 atom stereocenters. The van der Waals surface area contributed by atoms with Crippen molar-refractivity contribution in [2.45, 2.75) is 4.83 Å². The van der Waals surface area contributed by atoms with E-state index in [4.69, 9.17) is 0 Å². The van der Waals surface area contributed by atoms with Gasteiger partial charge in [-0.2, -0.15) is 0 Å². The number of alkyl halides is 1. The highest BCUT2D eigenvalue weighted by Gasteiger charge is 2.18. The summed E-state index contributed by atoms with van der Waals surface area (Å²) in [7, 11) is 0. The van der Waals surface area contributed by atoms with Crippen LogP contribution in [0, 0.1) is 17.5 Å². The minimum Gasteiger partial charge on any atom is -0.207 e. The molecule has 0 spiro atoms. The van der Waals surface area contributed by atoms with Gasteiger partial charge in [0, 0.05) is 5.56 Å². The van der Waals surface area contributed by atoms with Crippen LogP contribution in [0.3, 0.4) is 0 Å². The van der Waals surface area contributed by atoms with Gasteiger partial charge >= 0.3 is 0 Å². The maximum atomic E-state index is 13.8. The summed E-state index contributed by atoms with van der Waals surface area (Å²) in [5.74, 6) is -1.51. The molecule has 1 unspecified atom stereocenters. The van der Waals surface area contributed by atoms with Gasteiger partial charge in [-0.15, -0.1) is 0 Å². The Balaban J connectivity index is 2.46. The third-order valence-electron chi connectivity index (χ3n) is 2.55. The quantitative estimate of drug-likeness (QED) is 0.376. The van der Waals surface area contributed by atoms with Gasteiger partial charge in [0.2, 0.25) is 0 Å². The average molecular weight is 459 g/mol. The van der Waals surface area contributed by atoms with E-state index in [0.29, 0.717) is 5.56 Å². The maximum Gasteiger partial charge on any atom is 0.137 e. The number of hydrogen-bond acceptors (Lipinski definition) is 0. The molecule has 0 N–H and O–H groups in total. The normalized spacial score (nSPS) is 12.5. The Labute approximate surface area is 133 Å². The predicted molar refractivity (Wildman–Crippen MR) is 78.9 cm³/mol. The Hall–Kier alpha value is -0.330. The van der Waals surface area contributed by atoms with Crippen LogP contribution in [0.15, 0.2) is 39.3 Å². The van der Waals surface area contributed by atoms with Crippen molar-refractivity contribution in [3.8, 4) is 0 Å². The smallest absolute Gasteiger partial charge is 0.137 e. The van der Waals surface area contributed by atoms with Crippen LogP contribution in [0.2, 0.25) is 0 Å².